The summed E-state index contributed by atoms with van der Waals surface area (Å²) < 4.78 is 4.83. The summed E-state index contributed by atoms with van der Waals surface area (Å²) >= 11 is 0. The normalized spacial score (nSPS) is 17.7. The van der Waals surface area contributed by atoms with Gasteiger partial charge in [-0.05, 0) is 12.8 Å². The summed E-state index contributed by atoms with van der Waals surface area (Å²) in [6.07, 6.45) is 3.51. The highest BCUT2D eigenvalue weighted by atomic mass is 16.5. The van der Waals surface area contributed by atoms with Crippen LogP contribution in [0.5, 0.6) is 0 Å². The fraction of sp³-hybridized carbons (Fsp3) is 0.450. The van der Waals surface area contributed by atoms with Crippen molar-refractivity contribution >= 4 is 29.6 Å². The average Bonchev–Trinajstić information content (AvgIpc) is 2.95. The molecule has 1 spiro atoms. The lowest BCUT2D eigenvalue weighted by Gasteiger charge is -2.30. The minimum Gasteiger partial charge on any atom is -0.455 e. The van der Waals surface area contributed by atoms with Crippen LogP contribution in [0.4, 0.5) is 4.79 Å². The maximum Gasteiger partial charge on any atom is 0.344 e. The number of rotatable bonds is 7. The number of ether oxygens (including phenoxy) is 1. The molecule has 3 rings (SSSR count). The van der Waals surface area contributed by atoms with Gasteiger partial charge in [-0.3, -0.25) is 24.6 Å². The fourth-order valence-corrected chi connectivity index (χ4v) is 3.58. The lowest BCUT2D eigenvalue weighted by Crippen LogP contribution is -2.51. The molecular weight excluding hydrogens is 378 g/mol. The van der Waals surface area contributed by atoms with E-state index in [1.165, 1.54) is 0 Å². The van der Waals surface area contributed by atoms with E-state index in [1.54, 1.807) is 30.3 Å². The van der Waals surface area contributed by atoms with Gasteiger partial charge in [0.25, 0.3) is 11.8 Å². The SMILES string of the molecule is O=C(COC(=O)CCC(=O)c1ccccc1)NN1C(=O)NC2(CCCCC2)C1=O. The Hall–Kier alpha value is -3.23. The highest BCUT2D eigenvalue weighted by Crippen LogP contribution is 2.32. The maximum absolute atomic E-state index is 12.6. The highest BCUT2D eigenvalue weighted by Gasteiger charge is 2.52. The third-order valence-electron chi connectivity index (χ3n) is 5.12. The van der Waals surface area contributed by atoms with E-state index in [4.69, 9.17) is 4.74 Å². The minimum absolute atomic E-state index is 0.0417. The molecule has 9 heteroatoms. The third kappa shape index (κ3) is 4.79. The van der Waals surface area contributed by atoms with E-state index in [0.29, 0.717) is 23.4 Å². The predicted octanol–water partition coefficient (Wildman–Crippen LogP) is 1.48. The van der Waals surface area contributed by atoms with E-state index in [2.05, 4.69) is 10.7 Å². The summed E-state index contributed by atoms with van der Waals surface area (Å²) in [5, 5.41) is 3.32. The lowest BCUT2D eigenvalue weighted by atomic mass is 9.82. The molecular formula is C20H23N3O6. The number of hydrogen-bond acceptors (Lipinski definition) is 6. The molecule has 0 atom stereocenters. The number of benzene rings is 1. The first kappa shape index (κ1) is 20.5. The first-order valence-electron chi connectivity index (χ1n) is 9.61. The van der Waals surface area contributed by atoms with Gasteiger partial charge in [-0.25, -0.2) is 4.79 Å². The number of amides is 4. The topological polar surface area (TPSA) is 122 Å². The van der Waals surface area contributed by atoms with Gasteiger partial charge in [0.1, 0.15) is 5.54 Å². The monoisotopic (exact) mass is 401 g/mol. The van der Waals surface area contributed by atoms with Crippen molar-refractivity contribution < 1.29 is 28.7 Å². The molecule has 1 aromatic carbocycles. The van der Waals surface area contributed by atoms with Gasteiger partial charge in [-0.15, -0.1) is 0 Å². The number of hydrogen-bond donors (Lipinski definition) is 2. The number of Topliss-reactive ketones (excluding diaryl/α,β-unsaturated/α-hetero) is 1. The van der Waals surface area contributed by atoms with Crippen LogP contribution < -0.4 is 10.7 Å². The van der Waals surface area contributed by atoms with Crippen LogP contribution in [-0.4, -0.2) is 46.8 Å². The van der Waals surface area contributed by atoms with Gasteiger partial charge >= 0.3 is 12.0 Å². The molecule has 29 heavy (non-hydrogen) atoms. The number of carbonyl (C=O) groups is 5. The molecule has 0 aromatic heterocycles. The zero-order valence-electron chi connectivity index (χ0n) is 15.9. The van der Waals surface area contributed by atoms with E-state index in [-0.39, 0.29) is 18.6 Å². The first-order valence-corrected chi connectivity index (χ1v) is 9.61. The lowest BCUT2D eigenvalue weighted by molar-refractivity contribution is -0.150. The number of urea groups is 1. The van der Waals surface area contributed by atoms with Crippen LogP contribution >= 0.6 is 0 Å². The molecule has 0 bridgehead atoms. The standard InChI is InChI=1S/C20H23N3O6/c24-15(14-7-3-1-4-8-14)9-10-17(26)29-13-16(25)22-23-18(27)20(21-19(23)28)11-5-2-6-12-20/h1,3-4,7-8H,2,5-6,9-13H2,(H,21,28)(H,22,25). The van der Waals surface area contributed by atoms with Crippen LogP contribution in [0.25, 0.3) is 0 Å². The van der Waals surface area contributed by atoms with Gasteiger partial charge < -0.3 is 10.1 Å². The molecule has 1 aliphatic carbocycles. The smallest absolute Gasteiger partial charge is 0.344 e. The quantitative estimate of drug-likeness (QED) is 0.405. The maximum atomic E-state index is 12.6. The minimum atomic E-state index is -0.947. The van der Waals surface area contributed by atoms with Crippen LogP contribution in [0.1, 0.15) is 55.3 Å². The van der Waals surface area contributed by atoms with Gasteiger partial charge in [0.2, 0.25) is 0 Å². The van der Waals surface area contributed by atoms with Gasteiger partial charge in [-0.1, -0.05) is 49.6 Å². The largest absolute Gasteiger partial charge is 0.455 e. The Labute approximate surface area is 167 Å². The number of ketones is 1. The van der Waals surface area contributed by atoms with Crippen molar-refractivity contribution in [3.05, 3.63) is 35.9 Å². The van der Waals surface area contributed by atoms with Gasteiger partial charge in [0.05, 0.1) is 6.42 Å². The Bertz CT molecular complexity index is 817. The Morgan fingerprint density at radius 2 is 1.72 bits per heavy atom. The Morgan fingerprint density at radius 1 is 1.03 bits per heavy atom. The van der Waals surface area contributed by atoms with E-state index in [9.17, 15) is 24.0 Å². The Balaban J connectivity index is 1.42. The van der Waals surface area contributed by atoms with Gasteiger partial charge in [0, 0.05) is 12.0 Å². The summed E-state index contributed by atoms with van der Waals surface area (Å²) in [6.45, 7) is -0.650. The molecule has 2 aliphatic rings. The average molecular weight is 401 g/mol. The third-order valence-corrected chi connectivity index (χ3v) is 5.12. The summed E-state index contributed by atoms with van der Waals surface area (Å²) in [5.41, 5.74) is 1.73. The summed E-state index contributed by atoms with van der Waals surface area (Å²) in [4.78, 5) is 60.4. The van der Waals surface area contributed by atoms with E-state index < -0.39 is 36.0 Å². The number of imide groups is 1. The molecule has 2 N–H and O–H groups in total. The van der Waals surface area contributed by atoms with Crippen molar-refractivity contribution in [1.29, 1.82) is 0 Å². The molecule has 4 amide bonds. The molecule has 1 saturated heterocycles. The van der Waals surface area contributed by atoms with Gasteiger partial charge in [0.15, 0.2) is 12.4 Å². The molecule has 0 unspecified atom stereocenters. The van der Waals surface area contributed by atoms with Crippen LogP contribution in [0.2, 0.25) is 0 Å². The number of nitrogens with zero attached hydrogens (tertiary/aromatic N) is 1. The van der Waals surface area contributed by atoms with Crippen molar-refractivity contribution in [3.8, 4) is 0 Å². The first-order chi connectivity index (χ1) is 13.9. The second kappa shape index (κ2) is 8.85. The van der Waals surface area contributed by atoms with E-state index in [1.807, 2.05) is 0 Å². The number of esters is 1. The summed E-state index contributed by atoms with van der Waals surface area (Å²) in [6, 6.07) is 7.85. The zero-order chi connectivity index (χ0) is 20.9. The predicted molar refractivity (Wildman–Crippen MR) is 100 cm³/mol. The fourth-order valence-electron chi connectivity index (χ4n) is 3.58. The second-order valence-electron chi connectivity index (χ2n) is 7.20. The van der Waals surface area contributed by atoms with Crippen LogP contribution in [-0.2, 0) is 19.1 Å². The highest BCUT2D eigenvalue weighted by molar-refractivity contribution is 6.08. The zero-order valence-corrected chi connectivity index (χ0v) is 15.9. The molecule has 2 fully saturated rings. The van der Waals surface area contributed by atoms with E-state index in [0.717, 1.165) is 19.3 Å². The van der Waals surface area contributed by atoms with Crippen LogP contribution in [0, 0.1) is 0 Å². The van der Waals surface area contributed by atoms with Crippen molar-refractivity contribution in [2.75, 3.05) is 6.61 Å². The van der Waals surface area contributed by atoms with Crippen LogP contribution in [0.15, 0.2) is 30.3 Å². The number of carbonyl (C=O) groups excluding carboxylic acids is 5. The van der Waals surface area contributed by atoms with Crippen molar-refractivity contribution in [2.24, 2.45) is 0 Å². The summed E-state index contributed by atoms with van der Waals surface area (Å²) in [5.74, 6) is -2.21. The van der Waals surface area contributed by atoms with Crippen molar-refractivity contribution in [3.63, 3.8) is 0 Å². The van der Waals surface area contributed by atoms with Gasteiger partial charge in [-0.2, -0.15) is 5.01 Å². The molecule has 1 saturated carbocycles. The van der Waals surface area contributed by atoms with Crippen LogP contribution in [0.3, 0.4) is 0 Å². The number of nitrogens with one attached hydrogen (secondary N) is 2. The molecule has 154 valence electrons. The molecule has 1 heterocycles. The van der Waals surface area contributed by atoms with Crippen molar-refractivity contribution in [2.45, 2.75) is 50.5 Å². The van der Waals surface area contributed by atoms with Crippen molar-refractivity contribution in [1.82, 2.24) is 15.8 Å². The summed E-state index contributed by atoms with van der Waals surface area (Å²) in [7, 11) is 0. The molecule has 1 aromatic rings. The number of hydrazine groups is 1. The second-order valence-corrected chi connectivity index (χ2v) is 7.20. The Kier molecular flexibility index (Phi) is 6.26. The Morgan fingerprint density at radius 3 is 2.41 bits per heavy atom. The van der Waals surface area contributed by atoms with E-state index >= 15 is 0 Å². The molecule has 9 nitrogen and oxygen atoms in total. The molecule has 1 aliphatic heterocycles. The molecule has 0 radical (unpaired) electrons.